The quantitative estimate of drug-likeness (QED) is 0.526. The van der Waals surface area contributed by atoms with Crippen molar-refractivity contribution in [2.24, 2.45) is 0 Å². The molecular weight excluding hydrogens is 402 g/mol. The lowest BCUT2D eigenvalue weighted by Gasteiger charge is -2.11. The summed E-state index contributed by atoms with van der Waals surface area (Å²) >= 11 is 8.40. The molecule has 0 radical (unpaired) electrons. The van der Waals surface area contributed by atoms with Gasteiger partial charge in [0.1, 0.15) is 0 Å². The first-order valence-corrected chi connectivity index (χ1v) is 8.86. The molecule has 0 aliphatic carbocycles. The van der Waals surface area contributed by atoms with Crippen molar-refractivity contribution in [1.82, 2.24) is 16.2 Å². The minimum absolute atomic E-state index is 0.0368. The van der Waals surface area contributed by atoms with Gasteiger partial charge in [0.25, 0.3) is 5.91 Å². The number of amides is 2. The van der Waals surface area contributed by atoms with Gasteiger partial charge in [-0.1, -0.05) is 52.3 Å². The van der Waals surface area contributed by atoms with Gasteiger partial charge in [0.05, 0.1) is 0 Å². The zero-order valence-electron chi connectivity index (χ0n) is 13.6. The second-order valence-electron chi connectivity index (χ2n) is 5.41. The molecule has 0 aliphatic rings. The summed E-state index contributed by atoms with van der Waals surface area (Å²) in [5, 5.41) is 2.55. The Hall–Kier alpha value is -2.25. The van der Waals surface area contributed by atoms with E-state index in [4.69, 9.17) is 12.2 Å². The van der Waals surface area contributed by atoms with Gasteiger partial charge >= 0.3 is 0 Å². The molecule has 2 amide bonds. The summed E-state index contributed by atoms with van der Waals surface area (Å²) in [4.78, 5) is 23.9. The van der Waals surface area contributed by atoms with Gasteiger partial charge < -0.3 is 0 Å². The standard InChI is InChI=1S/C18H18BrN3O2S/c1-12-7-9-14(11-15(12)19)17(24)20-18(25)22-21-16(23)10-8-13-5-3-2-4-6-13/h2-7,9,11H,8,10H2,1H3,(H,21,23)(H2,20,22,24,25). The zero-order valence-corrected chi connectivity index (χ0v) is 16.0. The Morgan fingerprint density at radius 3 is 2.48 bits per heavy atom. The van der Waals surface area contributed by atoms with Gasteiger partial charge in [0.2, 0.25) is 5.91 Å². The van der Waals surface area contributed by atoms with E-state index >= 15 is 0 Å². The Balaban J connectivity index is 1.75. The monoisotopic (exact) mass is 419 g/mol. The van der Waals surface area contributed by atoms with E-state index in [0.717, 1.165) is 15.6 Å². The van der Waals surface area contributed by atoms with E-state index in [1.807, 2.05) is 43.3 Å². The van der Waals surface area contributed by atoms with Crippen molar-refractivity contribution in [2.45, 2.75) is 19.8 Å². The molecule has 0 bridgehead atoms. The number of hydrogen-bond acceptors (Lipinski definition) is 3. The van der Waals surface area contributed by atoms with Gasteiger partial charge in [-0.2, -0.15) is 0 Å². The molecule has 0 saturated heterocycles. The summed E-state index contributed by atoms with van der Waals surface area (Å²) in [6.07, 6.45) is 0.948. The summed E-state index contributed by atoms with van der Waals surface area (Å²) in [5.74, 6) is -0.560. The van der Waals surface area contributed by atoms with Crippen LogP contribution in [-0.2, 0) is 11.2 Å². The molecule has 2 aromatic carbocycles. The first-order valence-electron chi connectivity index (χ1n) is 7.66. The second-order valence-corrected chi connectivity index (χ2v) is 6.67. The largest absolute Gasteiger partial charge is 0.298 e. The van der Waals surface area contributed by atoms with Crippen LogP contribution in [0.4, 0.5) is 0 Å². The van der Waals surface area contributed by atoms with Crippen molar-refractivity contribution in [1.29, 1.82) is 0 Å². The molecule has 0 spiro atoms. The number of nitrogens with one attached hydrogen (secondary N) is 3. The van der Waals surface area contributed by atoms with Crippen LogP contribution in [0.1, 0.15) is 27.9 Å². The molecule has 7 heteroatoms. The van der Waals surface area contributed by atoms with Crippen LogP contribution in [0, 0.1) is 6.92 Å². The number of thiocarbonyl (C=S) groups is 1. The van der Waals surface area contributed by atoms with E-state index < -0.39 is 0 Å². The molecule has 25 heavy (non-hydrogen) atoms. The number of carbonyl (C=O) groups excluding carboxylic acids is 2. The van der Waals surface area contributed by atoms with E-state index in [-0.39, 0.29) is 16.9 Å². The van der Waals surface area contributed by atoms with Crippen molar-refractivity contribution in [2.75, 3.05) is 0 Å². The molecule has 0 unspecified atom stereocenters. The van der Waals surface area contributed by atoms with Gasteiger partial charge in [-0.05, 0) is 48.8 Å². The van der Waals surface area contributed by atoms with Crippen LogP contribution in [-0.4, -0.2) is 16.9 Å². The maximum Gasteiger partial charge on any atom is 0.257 e. The topological polar surface area (TPSA) is 70.2 Å². The van der Waals surface area contributed by atoms with Crippen molar-refractivity contribution >= 4 is 45.1 Å². The van der Waals surface area contributed by atoms with E-state index in [2.05, 4.69) is 32.1 Å². The Morgan fingerprint density at radius 2 is 1.80 bits per heavy atom. The molecule has 130 valence electrons. The predicted molar refractivity (Wildman–Crippen MR) is 105 cm³/mol. The van der Waals surface area contributed by atoms with Crippen LogP contribution < -0.4 is 16.2 Å². The first kappa shape index (κ1) is 19.1. The van der Waals surface area contributed by atoms with Gasteiger partial charge in [0, 0.05) is 16.5 Å². The van der Waals surface area contributed by atoms with Crippen LogP contribution in [0.15, 0.2) is 53.0 Å². The number of aryl methyl sites for hydroxylation is 2. The van der Waals surface area contributed by atoms with Crippen LogP contribution in [0.5, 0.6) is 0 Å². The van der Waals surface area contributed by atoms with Gasteiger partial charge in [0.15, 0.2) is 5.11 Å². The molecule has 0 atom stereocenters. The average molecular weight is 420 g/mol. The minimum Gasteiger partial charge on any atom is -0.298 e. The van der Waals surface area contributed by atoms with Gasteiger partial charge in [-0.25, -0.2) is 0 Å². The van der Waals surface area contributed by atoms with E-state index in [1.165, 1.54) is 0 Å². The average Bonchev–Trinajstić information content (AvgIpc) is 2.61. The van der Waals surface area contributed by atoms with E-state index in [0.29, 0.717) is 18.4 Å². The van der Waals surface area contributed by atoms with Crippen molar-refractivity contribution in [3.05, 3.63) is 69.7 Å². The summed E-state index contributed by atoms with van der Waals surface area (Å²) in [5.41, 5.74) is 7.59. The lowest BCUT2D eigenvalue weighted by molar-refractivity contribution is -0.121. The summed E-state index contributed by atoms with van der Waals surface area (Å²) in [6.45, 7) is 1.93. The number of halogens is 1. The fraction of sp³-hybridized carbons (Fsp3) is 0.167. The normalized spacial score (nSPS) is 10.0. The number of hydrogen-bond donors (Lipinski definition) is 3. The van der Waals surface area contributed by atoms with Crippen LogP contribution >= 0.6 is 28.1 Å². The molecule has 0 heterocycles. The summed E-state index contributed by atoms with van der Waals surface area (Å²) in [7, 11) is 0. The van der Waals surface area contributed by atoms with Crippen molar-refractivity contribution in [3.8, 4) is 0 Å². The first-order chi connectivity index (χ1) is 12.0. The third kappa shape index (κ3) is 6.28. The van der Waals surface area contributed by atoms with Crippen LogP contribution in [0.3, 0.4) is 0 Å². The molecule has 2 rings (SSSR count). The summed E-state index contributed by atoms with van der Waals surface area (Å²) < 4.78 is 0.841. The third-order valence-electron chi connectivity index (χ3n) is 3.46. The van der Waals surface area contributed by atoms with Gasteiger partial charge in [-0.3, -0.25) is 25.8 Å². The highest BCUT2D eigenvalue weighted by Gasteiger charge is 2.10. The minimum atomic E-state index is -0.350. The van der Waals surface area contributed by atoms with Crippen molar-refractivity contribution in [3.63, 3.8) is 0 Å². The number of carbonyl (C=O) groups is 2. The highest BCUT2D eigenvalue weighted by molar-refractivity contribution is 9.10. The smallest absolute Gasteiger partial charge is 0.257 e. The third-order valence-corrected chi connectivity index (χ3v) is 4.52. The van der Waals surface area contributed by atoms with Crippen molar-refractivity contribution < 1.29 is 9.59 Å². The second kappa shape index (κ2) is 9.29. The SMILES string of the molecule is Cc1ccc(C(=O)NC(=S)NNC(=O)CCc2ccccc2)cc1Br. The zero-order chi connectivity index (χ0) is 18.2. The Kier molecular flexibility index (Phi) is 7.09. The maximum atomic E-state index is 12.1. The number of benzene rings is 2. The molecular formula is C18H18BrN3O2S. The highest BCUT2D eigenvalue weighted by atomic mass is 79.9. The van der Waals surface area contributed by atoms with E-state index in [9.17, 15) is 9.59 Å². The number of hydrazine groups is 1. The van der Waals surface area contributed by atoms with Crippen LogP contribution in [0.2, 0.25) is 0 Å². The molecule has 0 aromatic heterocycles. The lowest BCUT2D eigenvalue weighted by Crippen LogP contribution is -2.48. The summed E-state index contributed by atoms with van der Waals surface area (Å²) in [6, 6.07) is 15.0. The fourth-order valence-electron chi connectivity index (χ4n) is 2.03. The predicted octanol–water partition coefficient (Wildman–Crippen LogP) is 3.03. The molecule has 5 nitrogen and oxygen atoms in total. The molecule has 0 aliphatic heterocycles. The molecule has 2 aromatic rings. The fourth-order valence-corrected chi connectivity index (χ4v) is 2.55. The molecule has 0 saturated carbocycles. The van der Waals surface area contributed by atoms with Crippen LogP contribution in [0.25, 0.3) is 0 Å². The Bertz CT molecular complexity index is 781. The lowest BCUT2D eigenvalue weighted by atomic mass is 10.1. The molecule has 3 N–H and O–H groups in total. The van der Waals surface area contributed by atoms with E-state index in [1.54, 1.807) is 12.1 Å². The Morgan fingerprint density at radius 1 is 1.08 bits per heavy atom. The highest BCUT2D eigenvalue weighted by Crippen LogP contribution is 2.17. The maximum absolute atomic E-state index is 12.1. The Labute approximate surface area is 160 Å². The van der Waals surface area contributed by atoms with Gasteiger partial charge in [-0.15, -0.1) is 0 Å². The number of rotatable bonds is 4. The molecule has 0 fully saturated rings.